The number of thiazole rings is 2. The second-order valence-corrected chi connectivity index (χ2v) is 11.7. The average Bonchev–Trinajstić information content (AvgIpc) is 3.49. The van der Waals surface area contributed by atoms with Crippen molar-refractivity contribution in [3.8, 4) is 16.3 Å². The Kier molecular flexibility index (Phi) is 8.01. The van der Waals surface area contributed by atoms with Crippen molar-refractivity contribution in [2.24, 2.45) is 0 Å². The second-order valence-electron chi connectivity index (χ2n) is 9.63. The second kappa shape index (κ2) is 11.3. The molecule has 5 rings (SSSR count). The minimum atomic E-state index is -4.34. The summed E-state index contributed by atoms with van der Waals surface area (Å²) in [6.45, 7) is 8.03. The summed E-state index contributed by atoms with van der Waals surface area (Å²) < 4.78 is 45.5. The maximum Gasteiger partial charge on any atom is 0.416 e. The van der Waals surface area contributed by atoms with Crippen molar-refractivity contribution in [3.05, 3.63) is 64.1 Å². The number of aryl methyl sites for hydroxylation is 1. The summed E-state index contributed by atoms with van der Waals surface area (Å²) in [6.07, 6.45) is -4.95. The number of benzene rings is 2. The van der Waals surface area contributed by atoms with Gasteiger partial charge in [-0.3, -0.25) is 9.80 Å². The van der Waals surface area contributed by atoms with Gasteiger partial charge in [0.15, 0.2) is 0 Å². The van der Waals surface area contributed by atoms with E-state index < -0.39 is 17.8 Å². The van der Waals surface area contributed by atoms with E-state index in [1.165, 1.54) is 23.5 Å². The van der Waals surface area contributed by atoms with Crippen LogP contribution in [0, 0.1) is 6.92 Å². The summed E-state index contributed by atoms with van der Waals surface area (Å²) in [5.41, 5.74) is 1.85. The third kappa shape index (κ3) is 6.52. The number of alkyl halides is 3. The highest BCUT2D eigenvalue weighted by atomic mass is 32.1. The SMILES string of the molecule is Cc1nc2cc(OC[C@H](O)CN3CCN(Cc4csc(-c5ccc(C(F)(F)F)cc5)n4)[C@H](C)C3)ccc2s1. The first-order valence-electron chi connectivity index (χ1n) is 12.4. The average molecular weight is 563 g/mol. The van der Waals surface area contributed by atoms with Crippen LogP contribution < -0.4 is 4.74 Å². The highest BCUT2D eigenvalue weighted by Gasteiger charge is 2.30. The third-order valence-electron chi connectivity index (χ3n) is 6.60. The van der Waals surface area contributed by atoms with Gasteiger partial charge in [-0.15, -0.1) is 22.7 Å². The Bertz CT molecular complexity index is 1370. The molecule has 4 aromatic rings. The largest absolute Gasteiger partial charge is 0.491 e. The molecule has 0 saturated carbocycles. The lowest BCUT2D eigenvalue weighted by Gasteiger charge is -2.40. The Morgan fingerprint density at radius 1 is 1.13 bits per heavy atom. The fraction of sp³-hybridized carbons (Fsp3) is 0.407. The van der Waals surface area contributed by atoms with E-state index in [-0.39, 0.29) is 12.6 Å². The number of hydrogen-bond donors (Lipinski definition) is 1. The first-order chi connectivity index (χ1) is 18.1. The van der Waals surface area contributed by atoms with Crippen molar-refractivity contribution in [1.29, 1.82) is 0 Å². The number of rotatable bonds is 8. The first-order valence-corrected chi connectivity index (χ1v) is 14.1. The molecule has 0 unspecified atom stereocenters. The van der Waals surface area contributed by atoms with E-state index in [0.29, 0.717) is 29.4 Å². The highest BCUT2D eigenvalue weighted by Crippen LogP contribution is 2.32. The number of nitrogens with zero attached hydrogens (tertiary/aromatic N) is 4. The first kappa shape index (κ1) is 27.0. The van der Waals surface area contributed by atoms with Gasteiger partial charge in [-0.2, -0.15) is 13.2 Å². The predicted molar refractivity (Wildman–Crippen MR) is 145 cm³/mol. The molecule has 2 aromatic carbocycles. The Balaban J connectivity index is 1.09. The maximum atomic E-state index is 12.8. The summed E-state index contributed by atoms with van der Waals surface area (Å²) in [5.74, 6) is 0.707. The zero-order valence-electron chi connectivity index (χ0n) is 21.1. The fourth-order valence-corrected chi connectivity index (χ4v) is 6.27. The Morgan fingerprint density at radius 3 is 2.66 bits per heavy atom. The molecule has 1 aliphatic rings. The van der Waals surface area contributed by atoms with Crippen molar-refractivity contribution >= 4 is 32.9 Å². The molecule has 0 bridgehead atoms. The van der Waals surface area contributed by atoms with Crippen LogP contribution in [0.2, 0.25) is 0 Å². The molecular weight excluding hydrogens is 533 g/mol. The Morgan fingerprint density at radius 2 is 1.92 bits per heavy atom. The molecular formula is C27H29F3N4O2S2. The summed E-state index contributed by atoms with van der Waals surface area (Å²) in [5, 5.41) is 14.3. The summed E-state index contributed by atoms with van der Waals surface area (Å²) in [6, 6.07) is 11.2. The maximum absolute atomic E-state index is 12.8. The number of ether oxygens (including phenoxy) is 1. The molecule has 2 aromatic heterocycles. The summed E-state index contributed by atoms with van der Waals surface area (Å²) in [4.78, 5) is 13.7. The zero-order valence-corrected chi connectivity index (χ0v) is 22.7. The van der Waals surface area contributed by atoms with Gasteiger partial charge in [0.2, 0.25) is 0 Å². The zero-order chi connectivity index (χ0) is 26.9. The van der Waals surface area contributed by atoms with Crippen molar-refractivity contribution < 1.29 is 23.0 Å². The number of piperazine rings is 1. The normalized spacial score (nSPS) is 18.2. The van der Waals surface area contributed by atoms with Gasteiger partial charge in [0.1, 0.15) is 23.5 Å². The minimum absolute atomic E-state index is 0.217. The van der Waals surface area contributed by atoms with Gasteiger partial charge in [0, 0.05) is 55.8 Å². The lowest BCUT2D eigenvalue weighted by Crippen LogP contribution is -2.53. The van der Waals surface area contributed by atoms with Crippen LogP contribution in [0.4, 0.5) is 13.2 Å². The Labute approximate surface area is 227 Å². The molecule has 0 aliphatic carbocycles. The summed E-state index contributed by atoms with van der Waals surface area (Å²) in [7, 11) is 0. The summed E-state index contributed by atoms with van der Waals surface area (Å²) >= 11 is 3.09. The predicted octanol–water partition coefficient (Wildman–Crippen LogP) is 5.69. The lowest BCUT2D eigenvalue weighted by atomic mass is 10.1. The van der Waals surface area contributed by atoms with E-state index in [2.05, 4.69) is 26.7 Å². The molecule has 3 heterocycles. The number of aliphatic hydroxyl groups excluding tert-OH is 1. The number of β-amino-alcohol motifs (C(OH)–C–C–N with tert-alkyl or cyclic N) is 1. The van der Waals surface area contributed by atoms with Crippen LogP contribution in [-0.4, -0.2) is 69.8 Å². The van der Waals surface area contributed by atoms with Gasteiger partial charge in [-0.1, -0.05) is 12.1 Å². The third-order valence-corrected chi connectivity index (χ3v) is 8.49. The van der Waals surface area contributed by atoms with Crippen LogP contribution >= 0.6 is 22.7 Å². The van der Waals surface area contributed by atoms with Gasteiger partial charge in [-0.25, -0.2) is 9.97 Å². The smallest absolute Gasteiger partial charge is 0.416 e. The quantitative estimate of drug-likeness (QED) is 0.298. The molecule has 1 aliphatic heterocycles. The van der Waals surface area contributed by atoms with E-state index >= 15 is 0 Å². The Hall–Kier alpha value is -2.57. The van der Waals surface area contributed by atoms with E-state index in [4.69, 9.17) is 4.74 Å². The molecule has 38 heavy (non-hydrogen) atoms. The molecule has 0 amide bonds. The molecule has 202 valence electrons. The molecule has 0 spiro atoms. The molecule has 2 atom stereocenters. The van der Waals surface area contributed by atoms with Gasteiger partial charge < -0.3 is 9.84 Å². The number of aromatic nitrogens is 2. The molecule has 1 N–H and O–H groups in total. The number of halogens is 3. The van der Waals surface area contributed by atoms with Crippen molar-refractivity contribution in [2.75, 3.05) is 32.8 Å². The van der Waals surface area contributed by atoms with Crippen molar-refractivity contribution in [2.45, 2.75) is 38.7 Å². The van der Waals surface area contributed by atoms with Crippen molar-refractivity contribution in [3.63, 3.8) is 0 Å². The van der Waals surface area contributed by atoms with Crippen LogP contribution in [0.15, 0.2) is 47.8 Å². The van der Waals surface area contributed by atoms with Gasteiger partial charge in [0.05, 0.1) is 26.5 Å². The molecule has 6 nitrogen and oxygen atoms in total. The van der Waals surface area contributed by atoms with Crippen LogP contribution in [0.3, 0.4) is 0 Å². The van der Waals surface area contributed by atoms with Crippen LogP contribution in [0.1, 0.15) is 23.2 Å². The van der Waals surface area contributed by atoms with Crippen LogP contribution in [0.25, 0.3) is 20.8 Å². The van der Waals surface area contributed by atoms with E-state index in [1.807, 2.05) is 30.5 Å². The molecule has 1 fully saturated rings. The number of aliphatic hydroxyl groups is 1. The van der Waals surface area contributed by atoms with Gasteiger partial charge in [-0.05, 0) is 38.1 Å². The van der Waals surface area contributed by atoms with Crippen LogP contribution in [-0.2, 0) is 12.7 Å². The van der Waals surface area contributed by atoms with E-state index in [0.717, 1.165) is 52.7 Å². The fourth-order valence-electron chi connectivity index (χ4n) is 4.65. The highest BCUT2D eigenvalue weighted by molar-refractivity contribution is 7.18. The number of hydrogen-bond acceptors (Lipinski definition) is 8. The monoisotopic (exact) mass is 562 g/mol. The standard InChI is InChI=1S/C27H29F3N4O2S2/c1-17-12-33(14-22(35)15-36-23-7-8-25-24(11-23)31-18(2)38-25)9-10-34(17)13-21-16-37-26(32-21)19-3-5-20(6-4-19)27(28,29)30/h3-8,11,16-17,22,35H,9-10,12-15H2,1-2H3/t17-,22-/m1/s1. The molecule has 0 radical (unpaired) electrons. The minimum Gasteiger partial charge on any atom is -0.491 e. The number of fused-ring (bicyclic) bond motifs is 1. The lowest BCUT2D eigenvalue weighted by molar-refractivity contribution is -0.137. The van der Waals surface area contributed by atoms with E-state index in [9.17, 15) is 18.3 Å². The topological polar surface area (TPSA) is 61.7 Å². The van der Waals surface area contributed by atoms with Gasteiger partial charge >= 0.3 is 6.18 Å². The van der Waals surface area contributed by atoms with Gasteiger partial charge in [0.25, 0.3) is 0 Å². The van der Waals surface area contributed by atoms with Crippen molar-refractivity contribution in [1.82, 2.24) is 19.8 Å². The molecule has 1 saturated heterocycles. The van der Waals surface area contributed by atoms with E-state index in [1.54, 1.807) is 11.3 Å². The van der Waals surface area contributed by atoms with Crippen LogP contribution in [0.5, 0.6) is 5.75 Å². The molecule has 11 heteroatoms.